The van der Waals surface area contributed by atoms with E-state index in [1.807, 2.05) is 24.3 Å². The lowest BCUT2D eigenvalue weighted by molar-refractivity contribution is 0.530. The van der Waals surface area contributed by atoms with E-state index in [0.717, 1.165) is 16.4 Å². The molecule has 0 unspecified atom stereocenters. The maximum atomic E-state index is 8.67. The number of furan rings is 1. The average molecular weight is 216 g/mol. The van der Waals surface area contributed by atoms with Crippen LogP contribution in [-0.2, 0) is 5.75 Å². The molecule has 0 spiro atoms. The Balaban J connectivity index is 2.02. The van der Waals surface area contributed by atoms with Gasteiger partial charge in [0.2, 0.25) is 0 Å². The summed E-state index contributed by atoms with van der Waals surface area (Å²) < 4.78 is 5.21. The summed E-state index contributed by atoms with van der Waals surface area (Å²) in [5, 5.41) is 8.67. The number of nitriles is 1. The number of nitrogens with zero attached hydrogens (tertiary/aromatic N) is 2. The van der Waals surface area contributed by atoms with Gasteiger partial charge in [0, 0.05) is 11.1 Å². The van der Waals surface area contributed by atoms with Gasteiger partial charge in [-0.1, -0.05) is 0 Å². The van der Waals surface area contributed by atoms with Gasteiger partial charge >= 0.3 is 0 Å². The third-order valence-corrected chi connectivity index (χ3v) is 2.82. The molecule has 0 aromatic carbocycles. The molecule has 2 aromatic heterocycles. The zero-order valence-corrected chi connectivity index (χ0v) is 8.70. The van der Waals surface area contributed by atoms with Crippen molar-refractivity contribution in [1.29, 1.82) is 5.26 Å². The molecule has 0 aliphatic carbocycles. The van der Waals surface area contributed by atoms with Gasteiger partial charge in [-0.3, -0.25) is 0 Å². The lowest BCUT2D eigenvalue weighted by atomic mass is 10.4. The number of rotatable bonds is 3. The van der Waals surface area contributed by atoms with E-state index in [1.54, 1.807) is 30.3 Å². The quantitative estimate of drug-likeness (QED) is 0.740. The summed E-state index contributed by atoms with van der Waals surface area (Å²) in [5.41, 5.74) is 0.444. The first-order valence-electron chi connectivity index (χ1n) is 4.40. The number of hydrogen-bond acceptors (Lipinski definition) is 4. The molecule has 15 heavy (non-hydrogen) atoms. The molecule has 0 aliphatic heterocycles. The lowest BCUT2D eigenvalue weighted by Gasteiger charge is -1.98. The summed E-state index contributed by atoms with van der Waals surface area (Å²) in [6, 6.07) is 9.46. The zero-order valence-electron chi connectivity index (χ0n) is 7.88. The highest BCUT2D eigenvalue weighted by molar-refractivity contribution is 7.98. The van der Waals surface area contributed by atoms with Crippen molar-refractivity contribution in [2.75, 3.05) is 0 Å². The third-order valence-electron chi connectivity index (χ3n) is 1.81. The van der Waals surface area contributed by atoms with Crippen LogP contribution in [0.2, 0.25) is 0 Å². The zero-order chi connectivity index (χ0) is 10.5. The predicted molar refractivity (Wildman–Crippen MR) is 57.2 cm³/mol. The van der Waals surface area contributed by atoms with Gasteiger partial charge in [0.25, 0.3) is 0 Å². The largest absolute Gasteiger partial charge is 0.468 e. The first-order chi connectivity index (χ1) is 7.38. The number of aromatic nitrogens is 1. The molecule has 0 fully saturated rings. The Morgan fingerprint density at radius 2 is 2.40 bits per heavy atom. The van der Waals surface area contributed by atoms with Gasteiger partial charge < -0.3 is 4.42 Å². The summed E-state index contributed by atoms with van der Waals surface area (Å²) in [6.07, 6.45) is 3.30. The van der Waals surface area contributed by atoms with Crippen LogP contribution >= 0.6 is 11.8 Å². The van der Waals surface area contributed by atoms with E-state index in [-0.39, 0.29) is 0 Å². The molecular formula is C11H8N2OS. The Morgan fingerprint density at radius 1 is 1.47 bits per heavy atom. The molecular weight excluding hydrogens is 208 g/mol. The fraction of sp³-hybridized carbons (Fsp3) is 0.0909. The Labute approximate surface area is 91.7 Å². The fourth-order valence-corrected chi connectivity index (χ4v) is 1.94. The van der Waals surface area contributed by atoms with E-state index in [4.69, 9.17) is 9.68 Å². The Morgan fingerprint density at radius 3 is 3.13 bits per heavy atom. The third kappa shape index (κ3) is 2.61. The van der Waals surface area contributed by atoms with E-state index in [2.05, 4.69) is 4.98 Å². The van der Waals surface area contributed by atoms with Gasteiger partial charge in [-0.15, -0.1) is 11.8 Å². The van der Waals surface area contributed by atoms with Crippen molar-refractivity contribution in [3.05, 3.63) is 48.2 Å². The molecule has 0 bridgehead atoms. The minimum atomic E-state index is 0.444. The molecule has 3 nitrogen and oxygen atoms in total. The maximum Gasteiger partial charge on any atom is 0.141 e. The predicted octanol–water partition coefficient (Wildman–Crippen LogP) is 2.84. The summed E-state index contributed by atoms with van der Waals surface area (Å²) in [5.74, 6) is 1.69. The number of hydrogen-bond donors (Lipinski definition) is 0. The maximum absolute atomic E-state index is 8.67. The first-order valence-corrected chi connectivity index (χ1v) is 5.38. The van der Waals surface area contributed by atoms with Gasteiger partial charge in [0.15, 0.2) is 0 Å². The van der Waals surface area contributed by atoms with Crippen molar-refractivity contribution >= 4 is 11.8 Å². The van der Waals surface area contributed by atoms with Crippen LogP contribution in [0.1, 0.15) is 11.5 Å². The molecule has 0 amide bonds. The highest BCUT2D eigenvalue weighted by Crippen LogP contribution is 2.22. The van der Waals surface area contributed by atoms with Crippen molar-refractivity contribution in [1.82, 2.24) is 4.98 Å². The van der Waals surface area contributed by atoms with E-state index in [9.17, 15) is 0 Å². The van der Waals surface area contributed by atoms with Crippen LogP contribution in [0.15, 0.2) is 46.0 Å². The summed E-state index contributed by atoms with van der Waals surface area (Å²) in [4.78, 5) is 4.93. The first kappa shape index (κ1) is 9.81. The van der Waals surface area contributed by atoms with Crippen molar-refractivity contribution < 1.29 is 4.42 Å². The van der Waals surface area contributed by atoms with Gasteiger partial charge in [-0.25, -0.2) is 4.98 Å². The standard InChI is InChI=1S/C11H8N2OS/c12-7-9-6-11(3-4-13-9)15-8-10-2-1-5-14-10/h1-6H,8H2. The fourth-order valence-electron chi connectivity index (χ4n) is 1.11. The second-order valence-electron chi connectivity index (χ2n) is 2.86. The molecule has 4 heteroatoms. The van der Waals surface area contributed by atoms with Crippen molar-refractivity contribution in [2.24, 2.45) is 0 Å². The SMILES string of the molecule is N#Cc1cc(SCc2ccco2)ccn1. The van der Waals surface area contributed by atoms with E-state index < -0.39 is 0 Å². The highest BCUT2D eigenvalue weighted by Gasteiger charge is 1.99. The van der Waals surface area contributed by atoms with Gasteiger partial charge in [0.1, 0.15) is 17.5 Å². The molecule has 0 atom stereocenters. The highest BCUT2D eigenvalue weighted by atomic mass is 32.2. The molecule has 74 valence electrons. The Bertz CT molecular complexity index is 474. The summed E-state index contributed by atoms with van der Waals surface area (Å²) >= 11 is 1.62. The van der Waals surface area contributed by atoms with Crippen LogP contribution in [0.25, 0.3) is 0 Å². The van der Waals surface area contributed by atoms with Crippen LogP contribution in [0.4, 0.5) is 0 Å². The van der Waals surface area contributed by atoms with Crippen molar-refractivity contribution in [2.45, 2.75) is 10.6 Å². The van der Waals surface area contributed by atoms with E-state index >= 15 is 0 Å². The number of pyridine rings is 1. The average Bonchev–Trinajstić information content (AvgIpc) is 2.79. The molecule has 0 N–H and O–H groups in total. The monoisotopic (exact) mass is 216 g/mol. The van der Waals surface area contributed by atoms with Crippen molar-refractivity contribution in [3.63, 3.8) is 0 Å². The molecule has 2 heterocycles. The Kier molecular flexibility index (Phi) is 3.05. The lowest BCUT2D eigenvalue weighted by Crippen LogP contribution is -1.82. The van der Waals surface area contributed by atoms with Gasteiger partial charge in [-0.2, -0.15) is 5.26 Å². The number of thioether (sulfide) groups is 1. The molecule has 2 aromatic rings. The van der Waals surface area contributed by atoms with Crippen molar-refractivity contribution in [3.8, 4) is 6.07 Å². The van der Waals surface area contributed by atoms with Crippen LogP contribution in [0, 0.1) is 11.3 Å². The minimum Gasteiger partial charge on any atom is -0.468 e. The summed E-state index contributed by atoms with van der Waals surface area (Å²) in [6.45, 7) is 0. The van der Waals surface area contributed by atoms with Crippen LogP contribution in [0.5, 0.6) is 0 Å². The molecule has 0 aliphatic rings. The Hall–Kier alpha value is -1.73. The molecule has 0 radical (unpaired) electrons. The van der Waals surface area contributed by atoms with Gasteiger partial charge in [0.05, 0.1) is 12.0 Å². The van der Waals surface area contributed by atoms with E-state index in [1.165, 1.54) is 0 Å². The normalized spacial score (nSPS) is 9.80. The van der Waals surface area contributed by atoms with Crippen LogP contribution in [-0.4, -0.2) is 4.98 Å². The van der Waals surface area contributed by atoms with E-state index in [0.29, 0.717) is 5.69 Å². The minimum absolute atomic E-state index is 0.444. The van der Waals surface area contributed by atoms with Crippen LogP contribution < -0.4 is 0 Å². The molecule has 0 saturated heterocycles. The van der Waals surface area contributed by atoms with Crippen LogP contribution in [0.3, 0.4) is 0 Å². The topological polar surface area (TPSA) is 49.8 Å². The summed E-state index contributed by atoms with van der Waals surface area (Å²) in [7, 11) is 0. The molecule has 0 saturated carbocycles. The van der Waals surface area contributed by atoms with Gasteiger partial charge in [-0.05, 0) is 24.3 Å². The second-order valence-corrected chi connectivity index (χ2v) is 3.91. The molecule has 2 rings (SSSR count). The smallest absolute Gasteiger partial charge is 0.141 e. The second kappa shape index (κ2) is 4.67.